The molecular weight excluding hydrogens is 460 g/mol. The van der Waals surface area contributed by atoms with Gasteiger partial charge in [0.1, 0.15) is 5.37 Å². The first-order chi connectivity index (χ1) is 14.4. The maximum Gasteiger partial charge on any atom is 0.256 e. The Hall–Kier alpha value is -2.57. The average Bonchev–Trinajstić information content (AvgIpc) is 3.09. The third kappa shape index (κ3) is 4.30. The van der Waals surface area contributed by atoms with E-state index in [9.17, 15) is 9.59 Å². The molecule has 1 saturated heterocycles. The molecule has 1 unspecified atom stereocenters. The molecule has 0 spiro atoms. The average molecular weight is 481 g/mol. The van der Waals surface area contributed by atoms with Gasteiger partial charge in [0.05, 0.1) is 11.3 Å². The summed E-state index contributed by atoms with van der Waals surface area (Å²) in [6.45, 7) is 4.08. The topological polar surface area (TPSA) is 49.4 Å². The number of carbonyl (C=O) groups excluding carboxylic acids is 2. The Morgan fingerprint density at radius 1 is 1.03 bits per heavy atom. The number of nitrogens with one attached hydrogen (secondary N) is 1. The minimum absolute atomic E-state index is 0.0951. The zero-order valence-electron chi connectivity index (χ0n) is 16.7. The lowest BCUT2D eigenvalue weighted by atomic mass is 10.1. The number of thioether (sulfide) groups is 1. The Balaban J connectivity index is 1.62. The Morgan fingerprint density at radius 3 is 2.50 bits per heavy atom. The molecule has 1 atom stereocenters. The van der Waals surface area contributed by atoms with E-state index in [1.807, 2.05) is 73.3 Å². The van der Waals surface area contributed by atoms with Crippen LogP contribution in [0.3, 0.4) is 0 Å². The zero-order chi connectivity index (χ0) is 21.3. The fourth-order valence-corrected chi connectivity index (χ4v) is 5.29. The van der Waals surface area contributed by atoms with E-state index < -0.39 is 0 Å². The largest absolute Gasteiger partial charge is 0.322 e. The highest BCUT2D eigenvalue weighted by Crippen LogP contribution is 2.42. The lowest BCUT2D eigenvalue weighted by molar-refractivity contribution is -0.115. The first-order valence-corrected chi connectivity index (χ1v) is 11.4. The van der Waals surface area contributed by atoms with Gasteiger partial charge in [-0.05, 0) is 82.9 Å². The normalized spacial score (nSPS) is 16.0. The Morgan fingerprint density at radius 2 is 1.77 bits per heavy atom. The van der Waals surface area contributed by atoms with E-state index in [1.54, 1.807) is 17.8 Å². The van der Waals surface area contributed by atoms with Crippen LogP contribution in [-0.2, 0) is 4.79 Å². The Labute approximate surface area is 188 Å². The molecule has 3 aromatic rings. The molecule has 0 bridgehead atoms. The van der Waals surface area contributed by atoms with E-state index in [2.05, 4.69) is 27.3 Å². The van der Waals surface area contributed by atoms with Crippen LogP contribution in [0.4, 0.5) is 11.4 Å². The van der Waals surface area contributed by atoms with Gasteiger partial charge in [0.25, 0.3) is 5.91 Å². The highest BCUT2D eigenvalue weighted by Gasteiger charge is 2.34. The van der Waals surface area contributed by atoms with Crippen LogP contribution in [0.25, 0.3) is 0 Å². The monoisotopic (exact) mass is 480 g/mol. The van der Waals surface area contributed by atoms with Gasteiger partial charge in [-0.1, -0.05) is 30.3 Å². The van der Waals surface area contributed by atoms with Crippen molar-refractivity contribution >= 4 is 50.9 Å². The summed E-state index contributed by atoms with van der Waals surface area (Å²) in [6.07, 6.45) is 0. The summed E-state index contributed by atoms with van der Waals surface area (Å²) in [4.78, 5) is 27.2. The molecule has 0 saturated carbocycles. The molecule has 0 radical (unpaired) electrons. The second-order valence-electron chi connectivity index (χ2n) is 7.33. The first-order valence-electron chi connectivity index (χ1n) is 9.60. The van der Waals surface area contributed by atoms with Crippen LogP contribution >= 0.6 is 27.7 Å². The fraction of sp³-hybridized carbons (Fsp3) is 0.167. The van der Waals surface area contributed by atoms with Crippen LogP contribution in [-0.4, -0.2) is 17.6 Å². The minimum Gasteiger partial charge on any atom is -0.322 e. The number of halogens is 1. The third-order valence-corrected chi connectivity index (χ3v) is 6.80. The van der Waals surface area contributed by atoms with Gasteiger partial charge < -0.3 is 5.32 Å². The second kappa shape index (κ2) is 8.66. The third-order valence-electron chi connectivity index (χ3n) is 4.90. The quantitative estimate of drug-likeness (QED) is 0.490. The van der Waals surface area contributed by atoms with E-state index in [4.69, 9.17) is 0 Å². The smallest absolute Gasteiger partial charge is 0.256 e. The predicted octanol–water partition coefficient (Wildman–Crippen LogP) is 6.10. The number of nitrogens with zero attached hydrogens (tertiary/aromatic N) is 1. The zero-order valence-corrected chi connectivity index (χ0v) is 19.1. The van der Waals surface area contributed by atoms with Crippen molar-refractivity contribution in [3.8, 4) is 0 Å². The number of hydrogen-bond donors (Lipinski definition) is 1. The van der Waals surface area contributed by atoms with Gasteiger partial charge in [0, 0.05) is 15.8 Å². The van der Waals surface area contributed by atoms with Gasteiger partial charge in [-0.3, -0.25) is 14.5 Å². The number of hydrogen-bond acceptors (Lipinski definition) is 3. The first kappa shape index (κ1) is 20.7. The van der Waals surface area contributed by atoms with Crippen LogP contribution in [0.5, 0.6) is 0 Å². The molecule has 1 aliphatic rings. The number of anilines is 2. The molecule has 1 aliphatic heterocycles. The summed E-state index contributed by atoms with van der Waals surface area (Å²) in [7, 11) is 0. The van der Waals surface area contributed by atoms with Crippen molar-refractivity contribution in [3.63, 3.8) is 0 Å². The molecule has 1 fully saturated rings. The summed E-state index contributed by atoms with van der Waals surface area (Å²) in [5.74, 6) is 0.351. The molecule has 30 heavy (non-hydrogen) atoms. The molecule has 6 heteroatoms. The van der Waals surface area contributed by atoms with E-state index in [0.717, 1.165) is 26.9 Å². The molecule has 2 amide bonds. The van der Waals surface area contributed by atoms with Crippen molar-refractivity contribution in [3.05, 3.63) is 93.5 Å². The molecule has 4 nitrogen and oxygen atoms in total. The Kier molecular flexibility index (Phi) is 5.97. The SMILES string of the molecule is Cc1cc(C)cc(N2C(=O)CSC2c2cccc(NC(=O)c3ccccc3Br)c2)c1. The predicted molar refractivity (Wildman–Crippen MR) is 127 cm³/mol. The summed E-state index contributed by atoms with van der Waals surface area (Å²) in [5.41, 5.74) is 5.43. The highest BCUT2D eigenvalue weighted by molar-refractivity contribution is 9.10. The van der Waals surface area contributed by atoms with Crippen molar-refractivity contribution in [1.29, 1.82) is 0 Å². The van der Waals surface area contributed by atoms with E-state index in [1.165, 1.54) is 0 Å². The van der Waals surface area contributed by atoms with Gasteiger partial charge >= 0.3 is 0 Å². The highest BCUT2D eigenvalue weighted by atomic mass is 79.9. The van der Waals surface area contributed by atoms with E-state index in [-0.39, 0.29) is 17.2 Å². The molecule has 0 aliphatic carbocycles. The number of amides is 2. The number of aryl methyl sites for hydroxylation is 2. The Bertz CT molecular complexity index is 1110. The van der Waals surface area contributed by atoms with Gasteiger partial charge in [-0.2, -0.15) is 0 Å². The van der Waals surface area contributed by atoms with Gasteiger partial charge in [-0.25, -0.2) is 0 Å². The molecule has 0 aromatic heterocycles. The molecule has 1 N–H and O–H groups in total. The standard InChI is InChI=1S/C24H21BrN2O2S/c1-15-10-16(2)12-19(11-15)27-22(28)14-30-24(27)17-6-5-7-18(13-17)26-23(29)20-8-3-4-9-21(20)25/h3-13,24H,14H2,1-2H3,(H,26,29). The van der Waals surface area contributed by atoms with Crippen molar-refractivity contribution in [2.75, 3.05) is 16.0 Å². The second-order valence-corrected chi connectivity index (χ2v) is 9.26. The molecular formula is C24H21BrN2O2S. The lowest BCUT2D eigenvalue weighted by Crippen LogP contribution is -2.28. The van der Waals surface area contributed by atoms with Crippen LogP contribution in [0.2, 0.25) is 0 Å². The molecule has 152 valence electrons. The van der Waals surface area contributed by atoms with Crippen molar-refractivity contribution < 1.29 is 9.59 Å². The summed E-state index contributed by atoms with van der Waals surface area (Å²) in [5, 5.41) is 2.84. The van der Waals surface area contributed by atoms with E-state index in [0.29, 0.717) is 17.0 Å². The van der Waals surface area contributed by atoms with Crippen LogP contribution in [0.15, 0.2) is 71.2 Å². The summed E-state index contributed by atoms with van der Waals surface area (Å²) < 4.78 is 0.747. The summed E-state index contributed by atoms with van der Waals surface area (Å²) >= 11 is 5.02. The molecule has 1 heterocycles. The number of rotatable bonds is 4. The van der Waals surface area contributed by atoms with Crippen molar-refractivity contribution in [2.45, 2.75) is 19.2 Å². The maximum atomic E-state index is 12.7. The van der Waals surface area contributed by atoms with Crippen molar-refractivity contribution in [2.24, 2.45) is 0 Å². The van der Waals surface area contributed by atoms with Gasteiger partial charge in [0.15, 0.2) is 0 Å². The fourth-order valence-electron chi connectivity index (χ4n) is 3.65. The maximum absolute atomic E-state index is 12.7. The van der Waals surface area contributed by atoms with Crippen LogP contribution < -0.4 is 10.2 Å². The van der Waals surface area contributed by atoms with Crippen LogP contribution in [0.1, 0.15) is 32.4 Å². The van der Waals surface area contributed by atoms with Crippen molar-refractivity contribution in [1.82, 2.24) is 0 Å². The number of carbonyl (C=O) groups is 2. The molecule has 3 aromatic carbocycles. The summed E-state index contributed by atoms with van der Waals surface area (Å²) in [6, 6.07) is 21.2. The number of benzene rings is 3. The van der Waals surface area contributed by atoms with Crippen LogP contribution in [0, 0.1) is 13.8 Å². The lowest BCUT2D eigenvalue weighted by Gasteiger charge is -2.25. The van der Waals surface area contributed by atoms with Gasteiger partial charge in [-0.15, -0.1) is 11.8 Å². The molecule has 4 rings (SSSR count). The minimum atomic E-state index is -0.180. The van der Waals surface area contributed by atoms with Gasteiger partial charge in [0.2, 0.25) is 5.91 Å². The van der Waals surface area contributed by atoms with E-state index >= 15 is 0 Å².